The van der Waals surface area contributed by atoms with Gasteiger partial charge in [-0.3, -0.25) is 0 Å². The second kappa shape index (κ2) is 6.62. The summed E-state index contributed by atoms with van der Waals surface area (Å²) in [4.78, 5) is 0. The summed E-state index contributed by atoms with van der Waals surface area (Å²) in [6.07, 6.45) is -3.87. The first kappa shape index (κ1) is 16.0. The van der Waals surface area contributed by atoms with Gasteiger partial charge in [-0.05, 0) is 36.7 Å². The topological polar surface area (TPSA) is 12.0 Å². The van der Waals surface area contributed by atoms with Gasteiger partial charge in [-0.15, -0.1) is 0 Å². The average molecular weight is 358 g/mol. The van der Waals surface area contributed by atoms with Crippen LogP contribution in [0.1, 0.15) is 22.7 Å². The zero-order valence-electron chi connectivity index (χ0n) is 11.4. The molecule has 1 atom stereocenters. The lowest BCUT2D eigenvalue weighted by Gasteiger charge is -2.22. The minimum atomic E-state index is -4.37. The van der Waals surface area contributed by atoms with Gasteiger partial charge < -0.3 is 5.32 Å². The van der Waals surface area contributed by atoms with E-state index >= 15 is 0 Å². The molecule has 0 saturated carbocycles. The summed E-state index contributed by atoms with van der Waals surface area (Å²) < 4.78 is 40.1. The smallest absolute Gasteiger partial charge is 0.313 e. The van der Waals surface area contributed by atoms with Crippen LogP contribution in [0.15, 0.2) is 53.0 Å². The van der Waals surface area contributed by atoms with Gasteiger partial charge in [0.1, 0.15) is 0 Å². The van der Waals surface area contributed by atoms with Gasteiger partial charge >= 0.3 is 6.18 Å². The maximum absolute atomic E-state index is 13.2. The van der Waals surface area contributed by atoms with E-state index in [0.717, 1.165) is 11.6 Å². The molecule has 21 heavy (non-hydrogen) atoms. The molecule has 2 aromatic carbocycles. The van der Waals surface area contributed by atoms with E-state index in [4.69, 9.17) is 0 Å². The minimum Gasteiger partial charge on any atom is -0.313 e. The van der Waals surface area contributed by atoms with Gasteiger partial charge in [-0.2, -0.15) is 13.2 Å². The van der Waals surface area contributed by atoms with Crippen LogP contribution in [0, 0.1) is 0 Å². The Bertz CT molecular complexity index is 596. The van der Waals surface area contributed by atoms with E-state index in [9.17, 15) is 13.2 Å². The van der Waals surface area contributed by atoms with Gasteiger partial charge in [0, 0.05) is 10.5 Å². The Labute approximate surface area is 130 Å². The highest BCUT2D eigenvalue weighted by atomic mass is 79.9. The molecule has 1 nitrogen and oxygen atoms in total. The van der Waals surface area contributed by atoms with Crippen LogP contribution in [0.25, 0.3) is 0 Å². The van der Waals surface area contributed by atoms with Gasteiger partial charge in [0.2, 0.25) is 0 Å². The van der Waals surface area contributed by atoms with Crippen LogP contribution in [-0.4, -0.2) is 7.05 Å². The highest BCUT2D eigenvalue weighted by Gasteiger charge is 2.35. The number of nitrogens with one attached hydrogen (secondary N) is 1. The molecule has 0 heterocycles. The van der Waals surface area contributed by atoms with E-state index in [1.165, 1.54) is 6.07 Å². The van der Waals surface area contributed by atoms with Crippen molar-refractivity contribution < 1.29 is 13.2 Å². The van der Waals surface area contributed by atoms with Gasteiger partial charge in [0.25, 0.3) is 0 Å². The van der Waals surface area contributed by atoms with Crippen molar-refractivity contribution in [2.24, 2.45) is 0 Å². The summed E-state index contributed by atoms with van der Waals surface area (Å²) in [5.74, 6) is 0. The molecule has 5 heteroatoms. The van der Waals surface area contributed by atoms with Crippen LogP contribution >= 0.6 is 15.9 Å². The third-order valence-corrected chi connectivity index (χ3v) is 3.82. The molecule has 0 aliphatic carbocycles. The summed E-state index contributed by atoms with van der Waals surface area (Å²) in [6, 6.07) is 13.4. The number of likely N-dealkylation sites (N-methyl/N-ethyl adjacent to an activating group) is 1. The molecule has 0 spiro atoms. The molecular weight excluding hydrogens is 343 g/mol. The zero-order chi connectivity index (χ0) is 15.5. The van der Waals surface area contributed by atoms with E-state index in [1.54, 1.807) is 13.1 Å². The van der Waals surface area contributed by atoms with Crippen molar-refractivity contribution in [1.82, 2.24) is 5.32 Å². The van der Waals surface area contributed by atoms with Gasteiger partial charge in [-0.25, -0.2) is 0 Å². The van der Waals surface area contributed by atoms with Crippen LogP contribution in [0.2, 0.25) is 0 Å². The average Bonchev–Trinajstić information content (AvgIpc) is 2.45. The van der Waals surface area contributed by atoms with Crippen LogP contribution in [-0.2, 0) is 12.6 Å². The van der Waals surface area contributed by atoms with Crippen molar-refractivity contribution in [1.29, 1.82) is 0 Å². The Morgan fingerprint density at radius 3 is 2.33 bits per heavy atom. The molecule has 0 fully saturated rings. The van der Waals surface area contributed by atoms with E-state index in [0.29, 0.717) is 10.9 Å². The molecule has 1 N–H and O–H groups in total. The molecule has 1 unspecified atom stereocenters. The fourth-order valence-corrected chi connectivity index (χ4v) is 2.66. The molecule has 0 aliphatic heterocycles. The number of hydrogen-bond acceptors (Lipinski definition) is 1. The van der Waals surface area contributed by atoms with Crippen molar-refractivity contribution in [2.75, 3.05) is 7.05 Å². The lowest BCUT2D eigenvalue weighted by atomic mass is 9.94. The third kappa shape index (κ3) is 4.08. The molecular formula is C16H15BrF3N. The normalized spacial score (nSPS) is 13.2. The SMILES string of the molecule is CNC(Cc1ccccc1)c1ccc(Br)cc1C(F)(F)F. The Balaban J connectivity index is 2.38. The van der Waals surface area contributed by atoms with Crippen LogP contribution in [0.4, 0.5) is 13.2 Å². The van der Waals surface area contributed by atoms with Crippen molar-refractivity contribution in [3.05, 3.63) is 69.7 Å². The Morgan fingerprint density at radius 2 is 1.76 bits per heavy atom. The van der Waals surface area contributed by atoms with E-state index in [-0.39, 0.29) is 5.56 Å². The highest BCUT2D eigenvalue weighted by Crippen LogP contribution is 2.37. The van der Waals surface area contributed by atoms with E-state index in [2.05, 4.69) is 21.2 Å². The molecule has 2 rings (SSSR count). The van der Waals surface area contributed by atoms with Crippen molar-refractivity contribution >= 4 is 15.9 Å². The monoisotopic (exact) mass is 357 g/mol. The number of hydrogen-bond donors (Lipinski definition) is 1. The lowest BCUT2D eigenvalue weighted by molar-refractivity contribution is -0.138. The summed E-state index contributed by atoms with van der Waals surface area (Å²) in [6.45, 7) is 0. The second-order valence-electron chi connectivity index (χ2n) is 4.76. The van der Waals surface area contributed by atoms with Gasteiger partial charge in [0.15, 0.2) is 0 Å². The van der Waals surface area contributed by atoms with Crippen molar-refractivity contribution in [2.45, 2.75) is 18.6 Å². The molecule has 2 aromatic rings. The number of rotatable bonds is 4. The van der Waals surface area contributed by atoms with Crippen molar-refractivity contribution in [3.8, 4) is 0 Å². The predicted molar refractivity (Wildman–Crippen MR) is 81.1 cm³/mol. The summed E-state index contributed by atoms with van der Waals surface area (Å²) in [5, 5.41) is 2.98. The molecule has 0 aliphatic rings. The third-order valence-electron chi connectivity index (χ3n) is 3.33. The van der Waals surface area contributed by atoms with E-state index < -0.39 is 17.8 Å². The molecule has 0 saturated heterocycles. The Morgan fingerprint density at radius 1 is 1.10 bits per heavy atom. The summed E-state index contributed by atoms with van der Waals surface area (Å²) in [5.41, 5.74) is 0.650. The van der Waals surface area contributed by atoms with E-state index in [1.807, 2.05) is 30.3 Å². The highest BCUT2D eigenvalue weighted by molar-refractivity contribution is 9.10. The summed E-state index contributed by atoms with van der Waals surface area (Å²) >= 11 is 3.11. The Kier molecular flexibility index (Phi) is 5.06. The van der Waals surface area contributed by atoms with Crippen LogP contribution < -0.4 is 5.32 Å². The van der Waals surface area contributed by atoms with Gasteiger partial charge in [0.05, 0.1) is 5.56 Å². The maximum Gasteiger partial charge on any atom is 0.416 e. The molecule has 0 radical (unpaired) electrons. The fraction of sp³-hybridized carbons (Fsp3) is 0.250. The van der Waals surface area contributed by atoms with Gasteiger partial charge in [-0.1, -0.05) is 52.3 Å². The molecule has 0 amide bonds. The predicted octanol–water partition coefficient (Wildman–Crippen LogP) is 4.97. The molecule has 0 bridgehead atoms. The van der Waals surface area contributed by atoms with Crippen LogP contribution in [0.5, 0.6) is 0 Å². The quantitative estimate of drug-likeness (QED) is 0.814. The first-order valence-electron chi connectivity index (χ1n) is 6.49. The first-order chi connectivity index (χ1) is 9.91. The molecule has 112 valence electrons. The van der Waals surface area contributed by atoms with Crippen molar-refractivity contribution in [3.63, 3.8) is 0 Å². The Hall–Kier alpha value is -1.33. The number of alkyl halides is 3. The lowest BCUT2D eigenvalue weighted by Crippen LogP contribution is -2.23. The maximum atomic E-state index is 13.2. The summed E-state index contributed by atoms with van der Waals surface area (Å²) in [7, 11) is 1.68. The first-order valence-corrected chi connectivity index (χ1v) is 7.29. The number of benzene rings is 2. The molecule has 0 aromatic heterocycles. The number of halogens is 4. The largest absolute Gasteiger partial charge is 0.416 e. The zero-order valence-corrected chi connectivity index (χ0v) is 13.0. The second-order valence-corrected chi connectivity index (χ2v) is 5.68. The standard InChI is InChI=1S/C16H15BrF3N/c1-21-15(9-11-5-3-2-4-6-11)13-8-7-12(17)10-14(13)16(18,19)20/h2-8,10,15,21H,9H2,1H3. The fourth-order valence-electron chi connectivity index (χ4n) is 2.30. The van der Waals surface area contributed by atoms with Crippen LogP contribution in [0.3, 0.4) is 0 Å². The minimum absolute atomic E-state index is 0.261.